The summed E-state index contributed by atoms with van der Waals surface area (Å²) in [5, 5.41) is 16.9. The number of fused-ring (bicyclic) bond motifs is 2. The van der Waals surface area contributed by atoms with Crippen LogP contribution in [0.4, 0.5) is 5.69 Å². The number of hydrogen-bond acceptors (Lipinski definition) is 7. The zero-order chi connectivity index (χ0) is 29.4. The maximum atomic E-state index is 13.6. The van der Waals surface area contributed by atoms with E-state index in [1.807, 2.05) is 30.3 Å². The van der Waals surface area contributed by atoms with Gasteiger partial charge in [-0.05, 0) is 91.5 Å². The second-order valence-corrected chi connectivity index (χ2v) is 11.8. The lowest BCUT2D eigenvalue weighted by molar-refractivity contribution is -0.384. The van der Waals surface area contributed by atoms with Crippen molar-refractivity contribution >= 4 is 81.6 Å². The van der Waals surface area contributed by atoms with E-state index in [0.717, 1.165) is 9.86 Å². The summed E-state index contributed by atoms with van der Waals surface area (Å²) in [6.45, 7) is 0.127. The van der Waals surface area contributed by atoms with E-state index < -0.39 is 4.92 Å². The third-order valence-electron chi connectivity index (χ3n) is 6.30. The van der Waals surface area contributed by atoms with Gasteiger partial charge in [0.25, 0.3) is 11.2 Å². The number of nitro groups is 1. The first-order valence-corrected chi connectivity index (χ1v) is 14.8. The fourth-order valence-corrected chi connectivity index (χ4v) is 6.18. The molecule has 0 saturated heterocycles. The predicted octanol–water partition coefficient (Wildman–Crippen LogP) is 8.47. The minimum absolute atomic E-state index is 0.00546. The van der Waals surface area contributed by atoms with E-state index in [9.17, 15) is 14.9 Å². The van der Waals surface area contributed by atoms with Crippen LogP contribution in [0.1, 0.15) is 11.1 Å². The number of hydrogen-bond donors (Lipinski definition) is 0. The average Bonchev–Trinajstić information content (AvgIpc) is 3.39. The average molecular weight is 753 g/mol. The van der Waals surface area contributed by atoms with Crippen LogP contribution in [0.15, 0.2) is 113 Å². The molecule has 0 amide bonds. The third-order valence-corrected chi connectivity index (χ3v) is 7.97. The Hall–Kier alpha value is -4.13. The highest BCUT2D eigenvalue weighted by Gasteiger charge is 2.17. The Morgan fingerprint density at radius 3 is 2.55 bits per heavy atom. The van der Waals surface area contributed by atoms with Crippen molar-refractivity contribution in [3.63, 3.8) is 0 Å². The number of nitro benzene ring substituents is 1. The predicted molar refractivity (Wildman–Crippen MR) is 171 cm³/mol. The number of nitrogens with zero attached hydrogens (tertiary/aromatic N) is 4. The highest BCUT2D eigenvalue weighted by molar-refractivity contribution is 9.11. The molecule has 208 valence electrons. The van der Waals surface area contributed by atoms with Crippen LogP contribution < -0.4 is 10.3 Å². The molecular formula is C30H17Br3N4O5. The number of benzene rings is 4. The summed E-state index contributed by atoms with van der Waals surface area (Å²) in [6.07, 6.45) is 1.54. The first kappa shape index (κ1) is 28.0. The van der Waals surface area contributed by atoms with Gasteiger partial charge in [-0.1, -0.05) is 40.2 Å². The van der Waals surface area contributed by atoms with Crippen LogP contribution in [0.5, 0.6) is 5.75 Å². The highest BCUT2D eigenvalue weighted by Crippen LogP contribution is 2.35. The Labute approximate surface area is 263 Å². The van der Waals surface area contributed by atoms with E-state index in [1.54, 1.807) is 48.7 Å². The summed E-state index contributed by atoms with van der Waals surface area (Å²) >= 11 is 10.5. The maximum absolute atomic E-state index is 13.6. The Kier molecular flexibility index (Phi) is 7.76. The van der Waals surface area contributed by atoms with E-state index in [4.69, 9.17) is 14.1 Å². The van der Waals surface area contributed by atoms with Gasteiger partial charge in [0.05, 0.1) is 31.0 Å². The van der Waals surface area contributed by atoms with Gasteiger partial charge in [0.2, 0.25) is 5.82 Å². The topological polar surface area (TPSA) is 113 Å². The highest BCUT2D eigenvalue weighted by atomic mass is 79.9. The molecule has 0 radical (unpaired) electrons. The van der Waals surface area contributed by atoms with Crippen LogP contribution in [0, 0.1) is 10.1 Å². The fraction of sp³-hybridized carbons (Fsp3) is 0.0333. The molecule has 9 nitrogen and oxygen atoms in total. The molecule has 0 aliphatic carbocycles. The number of halogens is 3. The van der Waals surface area contributed by atoms with Crippen molar-refractivity contribution in [2.75, 3.05) is 0 Å². The van der Waals surface area contributed by atoms with Gasteiger partial charge in [-0.3, -0.25) is 14.9 Å². The smallest absolute Gasteiger partial charge is 0.282 e. The molecule has 42 heavy (non-hydrogen) atoms. The second-order valence-electron chi connectivity index (χ2n) is 9.14. The number of aromatic nitrogens is 2. The number of para-hydroxylation sites is 1. The Balaban J connectivity index is 1.35. The maximum Gasteiger partial charge on any atom is 0.282 e. The molecule has 0 spiro atoms. The lowest BCUT2D eigenvalue weighted by atomic mass is 10.2. The molecule has 0 bridgehead atoms. The van der Waals surface area contributed by atoms with E-state index in [0.29, 0.717) is 48.1 Å². The minimum atomic E-state index is -0.446. The monoisotopic (exact) mass is 750 g/mol. The minimum Gasteiger partial charge on any atom is -0.487 e. The lowest BCUT2D eigenvalue weighted by Gasteiger charge is -2.11. The summed E-state index contributed by atoms with van der Waals surface area (Å²) in [4.78, 5) is 28.9. The van der Waals surface area contributed by atoms with Gasteiger partial charge >= 0.3 is 0 Å². The van der Waals surface area contributed by atoms with E-state index in [-0.39, 0.29) is 23.7 Å². The zero-order valence-corrected chi connectivity index (χ0v) is 26.1. The van der Waals surface area contributed by atoms with E-state index in [1.165, 1.54) is 16.8 Å². The molecule has 4 aromatic carbocycles. The Morgan fingerprint density at radius 1 is 0.976 bits per heavy atom. The van der Waals surface area contributed by atoms with Crippen molar-refractivity contribution < 1.29 is 14.1 Å². The van der Waals surface area contributed by atoms with Gasteiger partial charge in [0.1, 0.15) is 17.9 Å². The molecule has 0 atom stereocenters. The molecule has 0 N–H and O–H groups in total. The van der Waals surface area contributed by atoms with Crippen molar-refractivity contribution in [3.05, 3.63) is 130 Å². The van der Waals surface area contributed by atoms with Crippen molar-refractivity contribution in [2.45, 2.75) is 6.61 Å². The number of ether oxygens (including phenoxy) is 1. The standard InChI is InChI=1S/C30H17Br3N4O5/c31-20-8-9-26-19(13-20)14-27(42-26)29-35-25-7-2-1-6-22(25)30(38)36(29)34-15-18-11-23(32)28(24(33)12-18)41-16-17-4-3-5-21(10-17)37(39)40/h1-15H,16H2. The number of rotatable bonds is 7. The number of furan rings is 1. The summed E-state index contributed by atoms with van der Waals surface area (Å²) < 4.78 is 15.4. The SMILES string of the molecule is O=c1c2ccccc2nc(-c2cc3cc(Br)ccc3o2)n1N=Cc1cc(Br)c(OCc2cccc([N+](=O)[O-])c2)c(Br)c1. The molecule has 0 fully saturated rings. The zero-order valence-electron chi connectivity index (χ0n) is 21.3. The number of non-ortho nitro benzene ring substituents is 1. The van der Waals surface area contributed by atoms with Gasteiger partial charge in [0.15, 0.2) is 5.76 Å². The molecule has 0 aliphatic rings. The fourth-order valence-electron chi connectivity index (χ4n) is 4.35. The largest absolute Gasteiger partial charge is 0.487 e. The van der Waals surface area contributed by atoms with Gasteiger partial charge in [0, 0.05) is 22.0 Å². The van der Waals surface area contributed by atoms with Gasteiger partial charge in [-0.2, -0.15) is 9.78 Å². The van der Waals surface area contributed by atoms with Crippen LogP contribution in [0.25, 0.3) is 33.5 Å². The molecule has 6 aromatic rings. The van der Waals surface area contributed by atoms with Crippen molar-refractivity contribution in [2.24, 2.45) is 5.10 Å². The molecule has 2 aromatic heterocycles. The summed E-state index contributed by atoms with van der Waals surface area (Å²) in [5.74, 6) is 1.17. The Morgan fingerprint density at radius 2 is 1.76 bits per heavy atom. The van der Waals surface area contributed by atoms with Gasteiger partial charge < -0.3 is 9.15 Å². The third kappa shape index (κ3) is 5.65. The summed E-state index contributed by atoms with van der Waals surface area (Å²) in [6, 6.07) is 24.4. The molecule has 0 unspecified atom stereocenters. The van der Waals surface area contributed by atoms with Crippen molar-refractivity contribution in [1.29, 1.82) is 0 Å². The van der Waals surface area contributed by atoms with Crippen LogP contribution in [-0.4, -0.2) is 20.8 Å². The van der Waals surface area contributed by atoms with Gasteiger partial charge in [-0.25, -0.2) is 4.98 Å². The molecular weight excluding hydrogens is 736 g/mol. The van der Waals surface area contributed by atoms with Crippen LogP contribution >= 0.6 is 47.8 Å². The summed E-state index contributed by atoms with van der Waals surface area (Å²) in [5.41, 5.74) is 2.15. The molecule has 0 saturated carbocycles. The van der Waals surface area contributed by atoms with E-state index >= 15 is 0 Å². The van der Waals surface area contributed by atoms with Crippen molar-refractivity contribution in [1.82, 2.24) is 9.66 Å². The first-order valence-electron chi connectivity index (χ1n) is 12.4. The first-order chi connectivity index (χ1) is 20.3. The van der Waals surface area contributed by atoms with Crippen molar-refractivity contribution in [3.8, 4) is 17.3 Å². The lowest BCUT2D eigenvalue weighted by Crippen LogP contribution is -2.20. The van der Waals surface area contributed by atoms with Crippen LogP contribution in [-0.2, 0) is 6.61 Å². The summed E-state index contributed by atoms with van der Waals surface area (Å²) in [7, 11) is 0. The molecule has 2 heterocycles. The second kappa shape index (κ2) is 11.6. The van der Waals surface area contributed by atoms with Crippen LogP contribution in [0.2, 0.25) is 0 Å². The van der Waals surface area contributed by atoms with Gasteiger partial charge in [-0.15, -0.1) is 0 Å². The van der Waals surface area contributed by atoms with E-state index in [2.05, 4.69) is 52.9 Å². The molecule has 0 aliphatic heterocycles. The normalized spacial score (nSPS) is 11.5. The molecule has 12 heteroatoms. The van der Waals surface area contributed by atoms with Crippen LogP contribution in [0.3, 0.4) is 0 Å². The quantitative estimate of drug-likeness (QED) is 0.0919. The molecule has 6 rings (SSSR count). The Bertz CT molecular complexity index is 2080.